The van der Waals surface area contributed by atoms with E-state index in [2.05, 4.69) is 11.3 Å². The van der Waals surface area contributed by atoms with E-state index >= 15 is 0 Å². The molecule has 0 saturated carbocycles. The lowest BCUT2D eigenvalue weighted by Gasteiger charge is -2.27. The molecule has 0 aliphatic carbocycles. The molecule has 2 atom stereocenters. The number of rotatable bonds is 8. The highest BCUT2D eigenvalue weighted by atomic mass is 32.2. The van der Waals surface area contributed by atoms with E-state index in [4.69, 9.17) is 5.14 Å². The van der Waals surface area contributed by atoms with Crippen LogP contribution in [0, 0.1) is 0 Å². The van der Waals surface area contributed by atoms with Gasteiger partial charge in [0.15, 0.2) is 0 Å². The smallest absolute Gasteiger partial charge is 0.387 e. The van der Waals surface area contributed by atoms with Crippen molar-refractivity contribution in [3.05, 3.63) is 42.5 Å². The highest BCUT2D eigenvalue weighted by molar-refractivity contribution is 7.84. The van der Waals surface area contributed by atoms with E-state index < -0.39 is 22.3 Å². The third-order valence-corrected chi connectivity index (χ3v) is 4.54. The van der Waals surface area contributed by atoms with Gasteiger partial charge in [-0.3, -0.25) is 5.14 Å². The van der Waals surface area contributed by atoms with Crippen molar-refractivity contribution in [2.45, 2.75) is 44.0 Å². The van der Waals surface area contributed by atoms with Gasteiger partial charge in [0.05, 0.1) is 15.7 Å². The largest absolute Gasteiger partial charge is 0.435 e. The van der Waals surface area contributed by atoms with Gasteiger partial charge in [0.2, 0.25) is 0 Å². The number of allylic oxidation sites excluding steroid dienone is 1. The van der Waals surface area contributed by atoms with Gasteiger partial charge in [0.25, 0.3) is 0 Å². The van der Waals surface area contributed by atoms with Gasteiger partial charge < -0.3 is 4.74 Å². The van der Waals surface area contributed by atoms with Gasteiger partial charge >= 0.3 is 6.61 Å². The second-order valence-corrected chi connectivity index (χ2v) is 7.13. The standard InChI is InChI=1S/C15H21F2NO2S/c1-4-6-12(10-15(2,3)21(18)19)11-7-5-8-13(9-11)20-14(16)17/h4-5,7-9,12,14H,1,6,10,18H2,2-3H3/t12-,21?/m0/s1. The minimum Gasteiger partial charge on any atom is -0.435 e. The van der Waals surface area contributed by atoms with E-state index in [1.54, 1.807) is 18.2 Å². The fraction of sp³-hybridized carbons (Fsp3) is 0.467. The Kier molecular flexibility index (Phi) is 6.48. The lowest BCUT2D eigenvalue weighted by Crippen LogP contribution is -2.33. The number of hydrogen-bond donors (Lipinski definition) is 1. The molecule has 1 aromatic rings. The van der Waals surface area contributed by atoms with Crippen LogP contribution in [0.5, 0.6) is 5.75 Å². The van der Waals surface area contributed by atoms with Crippen LogP contribution in [0.4, 0.5) is 8.78 Å². The molecule has 0 aromatic heterocycles. The SMILES string of the molecule is C=CC[C@@H](CC(C)(C)S(N)=O)c1cccc(OC(F)F)c1. The zero-order valence-corrected chi connectivity index (χ0v) is 13.0. The molecule has 1 rings (SSSR count). The average molecular weight is 317 g/mol. The molecule has 0 radical (unpaired) electrons. The van der Waals surface area contributed by atoms with Crippen LogP contribution in [0.1, 0.15) is 38.2 Å². The maximum Gasteiger partial charge on any atom is 0.387 e. The van der Waals surface area contributed by atoms with Crippen LogP contribution in [0.2, 0.25) is 0 Å². The molecule has 1 unspecified atom stereocenters. The summed E-state index contributed by atoms with van der Waals surface area (Å²) in [4.78, 5) is 0. The normalized spacial score (nSPS) is 14.8. The first-order chi connectivity index (χ1) is 9.76. The Labute approximate surface area is 126 Å². The fourth-order valence-corrected chi connectivity index (χ4v) is 2.52. The van der Waals surface area contributed by atoms with E-state index in [-0.39, 0.29) is 11.7 Å². The van der Waals surface area contributed by atoms with E-state index in [0.717, 1.165) is 5.56 Å². The van der Waals surface area contributed by atoms with Crippen molar-refractivity contribution in [1.82, 2.24) is 0 Å². The van der Waals surface area contributed by atoms with Crippen molar-refractivity contribution in [3.63, 3.8) is 0 Å². The Morgan fingerprint density at radius 1 is 1.48 bits per heavy atom. The van der Waals surface area contributed by atoms with E-state index in [1.807, 2.05) is 19.9 Å². The summed E-state index contributed by atoms with van der Waals surface area (Å²) in [6, 6.07) is 6.56. The molecule has 0 fully saturated rings. The molecule has 0 saturated heterocycles. The quantitative estimate of drug-likeness (QED) is 0.743. The third kappa shape index (κ3) is 5.55. The molecule has 21 heavy (non-hydrogen) atoms. The topological polar surface area (TPSA) is 52.3 Å². The van der Waals surface area contributed by atoms with Crippen molar-refractivity contribution in [1.29, 1.82) is 0 Å². The molecule has 3 nitrogen and oxygen atoms in total. The van der Waals surface area contributed by atoms with Crippen molar-refractivity contribution in [3.8, 4) is 5.75 Å². The maximum atomic E-state index is 12.3. The Hall–Kier alpha value is -1.27. The fourth-order valence-electron chi connectivity index (χ4n) is 2.16. The number of alkyl halides is 2. The van der Waals surface area contributed by atoms with Gasteiger partial charge in [-0.15, -0.1) is 6.58 Å². The van der Waals surface area contributed by atoms with Crippen LogP contribution < -0.4 is 9.88 Å². The minimum absolute atomic E-state index is 0.00813. The highest BCUT2D eigenvalue weighted by Gasteiger charge is 2.28. The summed E-state index contributed by atoms with van der Waals surface area (Å²) in [5, 5.41) is 5.51. The monoisotopic (exact) mass is 317 g/mol. The molecule has 0 amide bonds. The lowest BCUT2D eigenvalue weighted by molar-refractivity contribution is -0.0499. The maximum absolute atomic E-state index is 12.3. The van der Waals surface area contributed by atoms with Gasteiger partial charge in [-0.2, -0.15) is 8.78 Å². The van der Waals surface area contributed by atoms with Crippen LogP contribution in [-0.2, 0) is 11.0 Å². The van der Waals surface area contributed by atoms with Gasteiger partial charge in [-0.05, 0) is 50.3 Å². The molecule has 118 valence electrons. The summed E-state index contributed by atoms with van der Waals surface area (Å²) in [7, 11) is -1.47. The number of ether oxygens (including phenoxy) is 1. The van der Waals surface area contributed by atoms with Gasteiger partial charge in [-0.1, -0.05) is 18.2 Å². The molecule has 0 bridgehead atoms. The summed E-state index contributed by atoms with van der Waals surface area (Å²) >= 11 is 0. The average Bonchev–Trinajstić information content (AvgIpc) is 2.37. The Balaban J connectivity index is 3.00. The number of halogens is 2. The van der Waals surface area contributed by atoms with Crippen molar-refractivity contribution in [2.75, 3.05) is 0 Å². The Morgan fingerprint density at radius 3 is 2.67 bits per heavy atom. The molecule has 0 aliphatic rings. The molecule has 2 N–H and O–H groups in total. The minimum atomic E-state index is -2.86. The molecule has 1 aromatic carbocycles. The van der Waals surface area contributed by atoms with Crippen LogP contribution in [0.15, 0.2) is 36.9 Å². The third-order valence-electron chi connectivity index (χ3n) is 3.29. The molecule has 6 heteroatoms. The predicted octanol–water partition coefficient (Wildman–Crippen LogP) is 3.74. The first-order valence-corrected chi connectivity index (χ1v) is 7.79. The molecule has 0 heterocycles. The summed E-state index contributed by atoms with van der Waals surface area (Å²) in [6.45, 7) is 4.49. The predicted molar refractivity (Wildman–Crippen MR) is 81.7 cm³/mol. The summed E-state index contributed by atoms with van der Waals surface area (Å²) < 4.78 is 40.0. The molecular weight excluding hydrogens is 296 g/mol. The van der Waals surface area contributed by atoms with E-state index in [1.165, 1.54) is 6.07 Å². The molecule has 0 spiro atoms. The zero-order valence-electron chi connectivity index (χ0n) is 12.2. The van der Waals surface area contributed by atoms with Crippen molar-refractivity contribution in [2.24, 2.45) is 5.14 Å². The van der Waals surface area contributed by atoms with E-state index in [9.17, 15) is 13.0 Å². The zero-order chi connectivity index (χ0) is 16.0. The van der Waals surface area contributed by atoms with Crippen LogP contribution in [0.3, 0.4) is 0 Å². The van der Waals surface area contributed by atoms with Gasteiger partial charge in [0.1, 0.15) is 5.75 Å². The van der Waals surface area contributed by atoms with Crippen molar-refractivity contribution < 1.29 is 17.7 Å². The van der Waals surface area contributed by atoms with Crippen molar-refractivity contribution >= 4 is 11.0 Å². The highest BCUT2D eigenvalue weighted by Crippen LogP contribution is 2.33. The van der Waals surface area contributed by atoms with Gasteiger partial charge in [0, 0.05) is 0 Å². The second kappa shape index (κ2) is 7.66. The van der Waals surface area contributed by atoms with Crippen LogP contribution in [0.25, 0.3) is 0 Å². The molecule has 0 aliphatic heterocycles. The van der Waals surface area contributed by atoms with Crippen LogP contribution >= 0.6 is 0 Å². The van der Waals surface area contributed by atoms with E-state index in [0.29, 0.717) is 12.8 Å². The summed E-state index contributed by atoms with van der Waals surface area (Å²) in [6.07, 6.45) is 2.94. The second-order valence-electron chi connectivity index (χ2n) is 5.43. The summed E-state index contributed by atoms with van der Waals surface area (Å²) in [5.41, 5.74) is 0.839. The number of benzene rings is 1. The lowest BCUT2D eigenvalue weighted by atomic mass is 9.87. The first-order valence-electron chi connectivity index (χ1n) is 6.58. The molecular formula is C15H21F2NO2S. The number of nitrogens with two attached hydrogens (primary N) is 1. The van der Waals surface area contributed by atoms with Gasteiger partial charge in [-0.25, -0.2) is 4.21 Å². The first kappa shape index (κ1) is 17.8. The summed E-state index contributed by atoms with van der Waals surface area (Å²) in [5.74, 6) is 0.106. The van der Waals surface area contributed by atoms with Crippen LogP contribution in [-0.4, -0.2) is 15.6 Å². The Morgan fingerprint density at radius 2 is 2.14 bits per heavy atom. The number of hydrogen-bond acceptors (Lipinski definition) is 2. The Bertz CT molecular complexity index is 506.